The maximum Gasteiger partial charge on any atom is 0.255 e. The third kappa shape index (κ3) is 3.62. The van der Waals surface area contributed by atoms with E-state index in [1.54, 1.807) is 12.5 Å². The minimum Gasteiger partial charge on any atom is -0.343 e. The second-order valence-electron chi connectivity index (χ2n) is 8.23. The first-order valence-corrected chi connectivity index (χ1v) is 10.5. The second-order valence-corrected chi connectivity index (χ2v) is 8.23. The summed E-state index contributed by atoms with van der Waals surface area (Å²) in [6, 6.07) is 2.33. The second kappa shape index (κ2) is 7.89. The van der Waals surface area contributed by atoms with Crippen LogP contribution in [0.3, 0.4) is 0 Å². The quantitative estimate of drug-likeness (QED) is 0.796. The lowest BCUT2D eigenvalue weighted by Crippen LogP contribution is -2.45. The van der Waals surface area contributed by atoms with Gasteiger partial charge in [-0.1, -0.05) is 0 Å². The van der Waals surface area contributed by atoms with E-state index >= 15 is 0 Å². The molecule has 2 aliphatic rings. The predicted octanol–water partition coefficient (Wildman–Crippen LogP) is 3.02. The minimum absolute atomic E-state index is 0.0333. The van der Waals surface area contributed by atoms with Crippen molar-refractivity contribution in [2.45, 2.75) is 64.5 Å². The van der Waals surface area contributed by atoms with Crippen LogP contribution in [0.15, 0.2) is 18.6 Å². The Bertz CT molecular complexity index is 875. The van der Waals surface area contributed by atoms with Crippen LogP contribution in [0.1, 0.15) is 68.8 Å². The van der Waals surface area contributed by atoms with Gasteiger partial charge in [-0.3, -0.25) is 9.59 Å². The number of carbonyl (C=O) groups is 2. The summed E-state index contributed by atoms with van der Waals surface area (Å²) in [7, 11) is 0. The lowest BCUT2D eigenvalue weighted by molar-refractivity contribution is -0.127. The zero-order chi connectivity index (χ0) is 19.7. The zero-order valence-electron chi connectivity index (χ0n) is 16.8. The molecule has 28 heavy (non-hydrogen) atoms. The Morgan fingerprint density at radius 1 is 1.21 bits per heavy atom. The molecule has 150 valence electrons. The van der Waals surface area contributed by atoms with Crippen molar-refractivity contribution >= 4 is 23.0 Å². The molecule has 0 radical (unpaired) electrons. The van der Waals surface area contributed by atoms with Crippen molar-refractivity contribution < 1.29 is 9.59 Å². The largest absolute Gasteiger partial charge is 0.343 e. The van der Waals surface area contributed by atoms with E-state index in [1.165, 1.54) is 0 Å². The number of hydrogen-bond donors (Lipinski definition) is 0. The van der Waals surface area contributed by atoms with E-state index in [2.05, 4.69) is 23.8 Å². The third-order valence-electron chi connectivity index (χ3n) is 6.01. The van der Waals surface area contributed by atoms with Gasteiger partial charge in [0.05, 0.1) is 11.9 Å². The molecule has 1 unspecified atom stereocenters. The van der Waals surface area contributed by atoms with Gasteiger partial charge in [-0.15, -0.1) is 0 Å². The molecule has 0 N–H and O–H groups in total. The van der Waals surface area contributed by atoms with Gasteiger partial charge in [0.1, 0.15) is 5.52 Å². The fourth-order valence-electron chi connectivity index (χ4n) is 4.39. The molecule has 0 aliphatic carbocycles. The SMILES string of the molecule is CC(C)n1cnc2cc(C(=O)N3CCCCC3CCN3CCCC3=O)cnc21. The molecule has 4 rings (SSSR count). The molecule has 2 saturated heterocycles. The van der Waals surface area contributed by atoms with Gasteiger partial charge in [-0.25, -0.2) is 9.97 Å². The molecule has 2 amide bonds. The third-order valence-corrected chi connectivity index (χ3v) is 6.01. The van der Waals surface area contributed by atoms with Crippen LogP contribution >= 0.6 is 0 Å². The maximum absolute atomic E-state index is 13.2. The summed E-state index contributed by atoms with van der Waals surface area (Å²) in [5.74, 6) is 0.287. The van der Waals surface area contributed by atoms with Crippen LogP contribution in [0.5, 0.6) is 0 Å². The summed E-state index contributed by atoms with van der Waals surface area (Å²) in [6.07, 6.45) is 9.12. The van der Waals surface area contributed by atoms with Crippen molar-refractivity contribution in [3.63, 3.8) is 0 Å². The smallest absolute Gasteiger partial charge is 0.255 e. The average Bonchev–Trinajstić information content (AvgIpc) is 3.31. The highest BCUT2D eigenvalue weighted by Gasteiger charge is 2.29. The van der Waals surface area contributed by atoms with E-state index in [1.807, 2.05) is 20.4 Å². The van der Waals surface area contributed by atoms with Crippen molar-refractivity contribution in [3.05, 3.63) is 24.2 Å². The number of pyridine rings is 1. The van der Waals surface area contributed by atoms with Crippen LogP contribution in [0.4, 0.5) is 0 Å². The molecule has 7 heteroatoms. The lowest BCUT2D eigenvalue weighted by Gasteiger charge is -2.36. The summed E-state index contributed by atoms with van der Waals surface area (Å²) in [6.45, 7) is 6.56. The van der Waals surface area contributed by atoms with Crippen LogP contribution in [0.25, 0.3) is 11.2 Å². The summed E-state index contributed by atoms with van der Waals surface area (Å²) in [5, 5.41) is 0. The molecule has 0 bridgehead atoms. The number of hydrogen-bond acceptors (Lipinski definition) is 4. The van der Waals surface area contributed by atoms with E-state index in [4.69, 9.17) is 0 Å². The van der Waals surface area contributed by atoms with Crippen LogP contribution in [-0.2, 0) is 4.79 Å². The number of imidazole rings is 1. The number of amides is 2. The summed E-state index contributed by atoms with van der Waals surface area (Å²) in [5.41, 5.74) is 2.18. The van der Waals surface area contributed by atoms with E-state index in [9.17, 15) is 9.59 Å². The summed E-state index contributed by atoms with van der Waals surface area (Å²) >= 11 is 0. The Labute approximate surface area is 165 Å². The van der Waals surface area contributed by atoms with E-state index in [0.717, 1.165) is 62.9 Å². The van der Waals surface area contributed by atoms with Crippen molar-refractivity contribution in [2.75, 3.05) is 19.6 Å². The molecule has 2 aromatic heterocycles. The van der Waals surface area contributed by atoms with Gasteiger partial charge in [0.2, 0.25) is 5.91 Å². The molecule has 4 heterocycles. The standard InChI is InChI=1S/C21H29N5O2/c1-15(2)26-14-23-18-12-16(13-22-20(18)26)21(28)25-10-4-3-6-17(25)8-11-24-9-5-7-19(24)27/h12-15,17H,3-11H2,1-2H3. The normalized spacial score (nSPS) is 20.5. The first-order valence-electron chi connectivity index (χ1n) is 10.5. The Balaban J connectivity index is 1.49. The van der Waals surface area contributed by atoms with Gasteiger partial charge >= 0.3 is 0 Å². The van der Waals surface area contributed by atoms with Crippen LogP contribution in [-0.4, -0.2) is 61.8 Å². The molecule has 0 spiro atoms. The fourth-order valence-corrected chi connectivity index (χ4v) is 4.39. The molecular formula is C21H29N5O2. The average molecular weight is 383 g/mol. The number of rotatable bonds is 5. The molecular weight excluding hydrogens is 354 g/mol. The molecule has 0 saturated carbocycles. The van der Waals surface area contributed by atoms with Gasteiger partial charge in [-0.05, 0) is 52.0 Å². The minimum atomic E-state index is 0.0333. The Morgan fingerprint density at radius 3 is 2.82 bits per heavy atom. The number of aromatic nitrogens is 3. The van der Waals surface area contributed by atoms with Crippen molar-refractivity contribution in [3.8, 4) is 0 Å². The highest BCUT2D eigenvalue weighted by Crippen LogP contribution is 2.24. The van der Waals surface area contributed by atoms with Crippen molar-refractivity contribution in [2.24, 2.45) is 0 Å². The van der Waals surface area contributed by atoms with Gasteiger partial charge in [0.15, 0.2) is 5.65 Å². The highest BCUT2D eigenvalue weighted by atomic mass is 16.2. The van der Waals surface area contributed by atoms with Crippen LogP contribution in [0.2, 0.25) is 0 Å². The number of nitrogens with zero attached hydrogens (tertiary/aromatic N) is 5. The van der Waals surface area contributed by atoms with E-state index in [-0.39, 0.29) is 23.9 Å². The molecule has 7 nitrogen and oxygen atoms in total. The van der Waals surface area contributed by atoms with Gasteiger partial charge in [0.25, 0.3) is 5.91 Å². The number of piperidine rings is 1. The molecule has 0 aromatic carbocycles. The van der Waals surface area contributed by atoms with Gasteiger partial charge in [-0.2, -0.15) is 0 Å². The van der Waals surface area contributed by atoms with E-state index < -0.39 is 0 Å². The van der Waals surface area contributed by atoms with Gasteiger partial charge in [0, 0.05) is 44.3 Å². The Kier molecular flexibility index (Phi) is 5.33. The van der Waals surface area contributed by atoms with Crippen molar-refractivity contribution in [1.82, 2.24) is 24.3 Å². The monoisotopic (exact) mass is 383 g/mol. The first kappa shape index (κ1) is 18.9. The molecule has 1 atom stereocenters. The Morgan fingerprint density at radius 2 is 2.07 bits per heavy atom. The van der Waals surface area contributed by atoms with Crippen LogP contribution in [0, 0.1) is 0 Å². The topological polar surface area (TPSA) is 71.3 Å². The lowest BCUT2D eigenvalue weighted by atomic mass is 9.98. The highest BCUT2D eigenvalue weighted by molar-refractivity contribution is 5.96. The number of likely N-dealkylation sites (tertiary alicyclic amines) is 2. The van der Waals surface area contributed by atoms with E-state index in [0.29, 0.717) is 12.0 Å². The predicted molar refractivity (Wildman–Crippen MR) is 107 cm³/mol. The Hall–Kier alpha value is -2.44. The molecule has 2 aliphatic heterocycles. The maximum atomic E-state index is 13.2. The van der Waals surface area contributed by atoms with Crippen LogP contribution < -0.4 is 0 Å². The summed E-state index contributed by atoms with van der Waals surface area (Å²) < 4.78 is 2.01. The number of carbonyl (C=O) groups excluding carboxylic acids is 2. The van der Waals surface area contributed by atoms with Gasteiger partial charge < -0.3 is 14.4 Å². The molecule has 2 fully saturated rings. The number of fused-ring (bicyclic) bond motifs is 1. The summed E-state index contributed by atoms with van der Waals surface area (Å²) in [4.78, 5) is 38.0. The zero-order valence-corrected chi connectivity index (χ0v) is 16.8. The molecule has 2 aromatic rings. The first-order chi connectivity index (χ1) is 13.5. The van der Waals surface area contributed by atoms with Crippen molar-refractivity contribution in [1.29, 1.82) is 0 Å². The fraction of sp³-hybridized carbons (Fsp3) is 0.619.